The highest BCUT2D eigenvalue weighted by atomic mass is 79.9. The van der Waals surface area contributed by atoms with Crippen LogP contribution in [0.5, 0.6) is 5.75 Å². The van der Waals surface area contributed by atoms with Crippen LogP contribution in [0.1, 0.15) is 15.2 Å². The van der Waals surface area contributed by atoms with Crippen molar-refractivity contribution in [2.75, 3.05) is 6.61 Å². The molecule has 0 amide bonds. The van der Waals surface area contributed by atoms with Gasteiger partial charge in [-0.2, -0.15) is 0 Å². The standard InChI is InChI=1S/C13H11BrO3S/c14-10-4-1-5-11(12(10)13(15)16)17-7-6-9-3-2-8-18-9/h1-5,8H,6-7H2,(H,15,16). The van der Waals surface area contributed by atoms with Gasteiger partial charge in [-0.05, 0) is 39.5 Å². The van der Waals surface area contributed by atoms with Crippen LogP contribution < -0.4 is 4.74 Å². The van der Waals surface area contributed by atoms with E-state index >= 15 is 0 Å². The Morgan fingerprint density at radius 3 is 2.83 bits per heavy atom. The van der Waals surface area contributed by atoms with Crippen molar-refractivity contribution in [1.82, 2.24) is 0 Å². The molecule has 0 saturated carbocycles. The van der Waals surface area contributed by atoms with Crippen LogP contribution in [-0.4, -0.2) is 17.7 Å². The number of ether oxygens (including phenoxy) is 1. The van der Waals surface area contributed by atoms with E-state index in [9.17, 15) is 4.79 Å². The van der Waals surface area contributed by atoms with E-state index in [1.807, 2.05) is 17.5 Å². The van der Waals surface area contributed by atoms with E-state index in [0.717, 1.165) is 6.42 Å². The van der Waals surface area contributed by atoms with E-state index in [2.05, 4.69) is 15.9 Å². The molecule has 0 radical (unpaired) electrons. The Bertz CT molecular complexity index is 537. The highest BCUT2D eigenvalue weighted by Gasteiger charge is 2.14. The van der Waals surface area contributed by atoms with E-state index in [4.69, 9.17) is 9.84 Å². The number of benzene rings is 1. The van der Waals surface area contributed by atoms with Crippen LogP contribution in [0, 0.1) is 0 Å². The molecule has 0 spiro atoms. The Morgan fingerprint density at radius 1 is 1.33 bits per heavy atom. The van der Waals surface area contributed by atoms with E-state index < -0.39 is 5.97 Å². The fraction of sp³-hybridized carbons (Fsp3) is 0.154. The quantitative estimate of drug-likeness (QED) is 0.908. The second-order valence-electron chi connectivity index (χ2n) is 3.60. The summed E-state index contributed by atoms with van der Waals surface area (Å²) in [5.41, 5.74) is 0.170. The molecule has 0 aliphatic rings. The minimum absolute atomic E-state index is 0.170. The third-order valence-corrected chi connectivity index (χ3v) is 3.97. The molecule has 2 rings (SSSR count). The minimum atomic E-state index is -0.992. The summed E-state index contributed by atoms with van der Waals surface area (Å²) in [5, 5.41) is 11.1. The average molecular weight is 327 g/mol. The lowest BCUT2D eigenvalue weighted by molar-refractivity contribution is 0.0691. The molecule has 0 fully saturated rings. The first kappa shape index (κ1) is 13.1. The first-order chi connectivity index (χ1) is 8.68. The first-order valence-electron chi connectivity index (χ1n) is 5.35. The highest BCUT2D eigenvalue weighted by Crippen LogP contribution is 2.27. The van der Waals surface area contributed by atoms with Gasteiger partial charge in [0.25, 0.3) is 0 Å². The predicted molar refractivity (Wildman–Crippen MR) is 74.6 cm³/mol. The SMILES string of the molecule is O=C(O)c1c(Br)cccc1OCCc1cccs1. The molecule has 18 heavy (non-hydrogen) atoms. The van der Waals surface area contributed by atoms with Gasteiger partial charge in [-0.1, -0.05) is 12.1 Å². The maximum atomic E-state index is 11.1. The molecule has 0 unspecified atom stereocenters. The van der Waals surface area contributed by atoms with Crippen LogP contribution in [0.4, 0.5) is 0 Å². The summed E-state index contributed by atoms with van der Waals surface area (Å²) in [6, 6.07) is 9.14. The molecule has 0 aliphatic carbocycles. The van der Waals surface area contributed by atoms with Crippen molar-refractivity contribution >= 4 is 33.2 Å². The molecule has 3 nitrogen and oxygen atoms in total. The molecule has 0 atom stereocenters. The smallest absolute Gasteiger partial charge is 0.340 e. The molecular formula is C13H11BrO3S. The summed E-state index contributed by atoms with van der Waals surface area (Å²) < 4.78 is 6.08. The second kappa shape index (κ2) is 6.02. The topological polar surface area (TPSA) is 46.5 Å². The second-order valence-corrected chi connectivity index (χ2v) is 5.48. The Morgan fingerprint density at radius 2 is 2.17 bits per heavy atom. The van der Waals surface area contributed by atoms with Crippen LogP contribution in [-0.2, 0) is 6.42 Å². The first-order valence-corrected chi connectivity index (χ1v) is 7.02. The maximum Gasteiger partial charge on any atom is 0.340 e. The van der Waals surface area contributed by atoms with Crippen LogP contribution in [0.25, 0.3) is 0 Å². The highest BCUT2D eigenvalue weighted by molar-refractivity contribution is 9.10. The third-order valence-electron chi connectivity index (χ3n) is 2.38. The summed E-state index contributed by atoms with van der Waals surface area (Å²) in [7, 11) is 0. The van der Waals surface area contributed by atoms with E-state index in [-0.39, 0.29) is 5.56 Å². The fourth-order valence-corrected chi connectivity index (χ4v) is 2.76. The average Bonchev–Trinajstić information content (AvgIpc) is 2.81. The van der Waals surface area contributed by atoms with Crippen molar-refractivity contribution in [3.8, 4) is 5.75 Å². The van der Waals surface area contributed by atoms with Gasteiger partial charge in [-0.25, -0.2) is 4.79 Å². The summed E-state index contributed by atoms with van der Waals surface area (Å²) in [6.45, 7) is 0.469. The Labute approximate surface area is 117 Å². The normalized spacial score (nSPS) is 10.3. The molecule has 1 aromatic heterocycles. The predicted octanol–water partition coefficient (Wildman–Crippen LogP) is 3.83. The largest absolute Gasteiger partial charge is 0.492 e. The van der Waals surface area contributed by atoms with Crippen LogP contribution in [0.3, 0.4) is 0 Å². The molecule has 2 aromatic rings. The zero-order chi connectivity index (χ0) is 13.0. The Balaban J connectivity index is 2.05. The monoisotopic (exact) mass is 326 g/mol. The summed E-state index contributed by atoms with van der Waals surface area (Å²) >= 11 is 4.89. The number of rotatable bonds is 5. The zero-order valence-corrected chi connectivity index (χ0v) is 11.8. The van der Waals surface area contributed by atoms with Gasteiger partial charge in [-0.3, -0.25) is 0 Å². The number of carboxylic acids is 1. The maximum absolute atomic E-state index is 11.1. The zero-order valence-electron chi connectivity index (χ0n) is 9.43. The lowest BCUT2D eigenvalue weighted by Gasteiger charge is -2.09. The van der Waals surface area contributed by atoms with Crippen molar-refractivity contribution in [1.29, 1.82) is 0 Å². The number of carbonyl (C=O) groups is 1. The Hall–Kier alpha value is -1.33. The summed E-state index contributed by atoms with van der Waals surface area (Å²) in [4.78, 5) is 12.4. The molecule has 0 saturated heterocycles. The van der Waals surface area contributed by atoms with Gasteiger partial charge in [0.1, 0.15) is 11.3 Å². The van der Waals surface area contributed by atoms with E-state index in [0.29, 0.717) is 16.8 Å². The molecule has 5 heteroatoms. The number of carboxylic acid groups (broad SMARTS) is 1. The molecule has 1 N–H and O–H groups in total. The molecule has 1 heterocycles. The fourth-order valence-electron chi connectivity index (χ4n) is 1.55. The van der Waals surface area contributed by atoms with Gasteiger partial charge < -0.3 is 9.84 Å². The van der Waals surface area contributed by atoms with Crippen molar-refractivity contribution in [3.05, 3.63) is 50.6 Å². The van der Waals surface area contributed by atoms with Gasteiger partial charge >= 0.3 is 5.97 Å². The number of halogens is 1. The van der Waals surface area contributed by atoms with Crippen molar-refractivity contribution in [2.24, 2.45) is 0 Å². The summed E-state index contributed by atoms with van der Waals surface area (Å²) in [5.74, 6) is -0.595. The van der Waals surface area contributed by atoms with Crippen LogP contribution in [0.2, 0.25) is 0 Å². The third kappa shape index (κ3) is 3.11. The van der Waals surface area contributed by atoms with Crippen LogP contribution in [0.15, 0.2) is 40.2 Å². The van der Waals surface area contributed by atoms with Gasteiger partial charge in [0.2, 0.25) is 0 Å². The Kier molecular flexibility index (Phi) is 4.38. The van der Waals surface area contributed by atoms with Crippen molar-refractivity contribution in [3.63, 3.8) is 0 Å². The number of thiophene rings is 1. The molecule has 94 valence electrons. The lowest BCUT2D eigenvalue weighted by Crippen LogP contribution is -2.06. The molecule has 1 aromatic carbocycles. The number of aromatic carboxylic acids is 1. The molecular weight excluding hydrogens is 316 g/mol. The van der Waals surface area contributed by atoms with E-state index in [1.165, 1.54) is 4.88 Å². The van der Waals surface area contributed by atoms with E-state index in [1.54, 1.807) is 29.5 Å². The van der Waals surface area contributed by atoms with Gasteiger partial charge in [0, 0.05) is 15.8 Å². The minimum Gasteiger partial charge on any atom is -0.492 e. The summed E-state index contributed by atoms with van der Waals surface area (Å²) in [6.07, 6.45) is 0.781. The van der Waals surface area contributed by atoms with Crippen molar-refractivity contribution < 1.29 is 14.6 Å². The van der Waals surface area contributed by atoms with Gasteiger partial charge in [0.15, 0.2) is 0 Å². The van der Waals surface area contributed by atoms with Crippen LogP contribution >= 0.6 is 27.3 Å². The van der Waals surface area contributed by atoms with Gasteiger partial charge in [-0.15, -0.1) is 11.3 Å². The van der Waals surface area contributed by atoms with Gasteiger partial charge in [0.05, 0.1) is 6.61 Å². The van der Waals surface area contributed by atoms with Crippen molar-refractivity contribution in [2.45, 2.75) is 6.42 Å². The lowest BCUT2D eigenvalue weighted by atomic mass is 10.2. The number of hydrogen-bond acceptors (Lipinski definition) is 3. The molecule has 0 bridgehead atoms. The molecule has 0 aliphatic heterocycles. The number of hydrogen-bond donors (Lipinski definition) is 1.